The molecule has 0 radical (unpaired) electrons. The highest BCUT2D eigenvalue weighted by Gasteiger charge is 2.44. The molecule has 3 aromatic carbocycles. The maximum absolute atomic E-state index is 13.0. The average Bonchev–Trinajstić information content (AvgIpc) is 3.26. The van der Waals surface area contributed by atoms with Gasteiger partial charge in [-0.25, -0.2) is 4.79 Å². The third-order valence-electron chi connectivity index (χ3n) is 6.00. The van der Waals surface area contributed by atoms with Crippen LogP contribution in [0.15, 0.2) is 83.9 Å². The van der Waals surface area contributed by atoms with Crippen LogP contribution < -0.4 is 0 Å². The summed E-state index contributed by atoms with van der Waals surface area (Å²) in [4.78, 5) is 32.2. The molecule has 2 atom stereocenters. The van der Waals surface area contributed by atoms with E-state index in [0.717, 1.165) is 23.1 Å². The number of nitriles is 1. The maximum atomic E-state index is 13.0. The SMILES string of the molecule is CCOC(=O)C1C(CC)SC(=NC(=O)c2ccccc2)N1Cc1ccc(-c2ccccc2C#N)cc1. The average molecular weight is 498 g/mol. The monoisotopic (exact) mass is 497 g/mol. The minimum atomic E-state index is -0.540. The first-order valence-electron chi connectivity index (χ1n) is 11.9. The summed E-state index contributed by atoms with van der Waals surface area (Å²) in [6.45, 7) is 4.49. The van der Waals surface area contributed by atoms with Crippen molar-refractivity contribution in [3.63, 3.8) is 0 Å². The molecule has 1 heterocycles. The molecule has 1 aliphatic heterocycles. The first-order chi connectivity index (χ1) is 17.5. The predicted octanol–water partition coefficient (Wildman–Crippen LogP) is 5.68. The van der Waals surface area contributed by atoms with Crippen molar-refractivity contribution in [3.8, 4) is 17.2 Å². The van der Waals surface area contributed by atoms with Crippen molar-refractivity contribution in [1.82, 2.24) is 4.90 Å². The van der Waals surface area contributed by atoms with E-state index < -0.39 is 6.04 Å². The quantitative estimate of drug-likeness (QED) is 0.391. The zero-order chi connectivity index (χ0) is 25.5. The van der Waals surface area contributed by atoms with Crippen molar-refractivity contribution in [1.29, 1.82) is 5.26 Å². The topological polar surface area (TPSA) is 82.8 Å². The van der Waals surface area contributed by atoms with Crippen molar-refractivity contribution in [2.24, 2.45) is 4.99 Å². The predicted molar refractivity (Wildman–Crippen MR) is 142 cm³/mol. The Balaban J connectivity index is 1.66. The van der Waals surface area contributed by atoms with Crippen LogP contribution in [0.25, 0.3) is 11.1 Å². The summed E-state index contributed by atoms with van der Waals surface area (Å²) in [6.07, 6.45) is 0.729. The molecule has 0 aromatic heterocycles. The molecule has 182 valence electrons. The molecule has 0 saturated carbocycles. The zero-order valence-electron chi connectivity index (χ0n) is 20.3. The van der Waals surface area contributed by atoms with Gasteiger partial charge in [0.05, 0.1) is 18.2 Å². The summed E-state index contributed by atoms with van der Waals surface area (Å²) in [5, 5.41) is 9.88. The van der Waals surface area contributed by atoms with Gasteiger partial charge in [0.1, 0.15) is 6.04 Å². The number of ether oxygens (including phenoxy) is 1. The lowest BCUT2D eigenvalue weighted by molar-refractivity contribution is -0.147. The number of nitrogens with zero attached hydrogens (tertiary/aromatic N) is 3. The second-order valence-corrected chi connectivity index (χ2v) is 9.52. The smallest absolute Gasteiger partial charge is 0.330 e. The van der Waals surface area contributed by atoms with E-state index in [4.69, 9.17) is 4.74 Å². The first-order valence-corrected chi connectivity index (χ1v) is 12.8. The van der Waals surface area contributed by atoms with Crippen LogP contribution in [0.5, 0.6) is 0 Å². The van der Waals surface area contributed by atoms with Crippen LogP contribution in [0.3, 0.4) is 0 Å². The zero-order valence-corrected chi connectivity index (χ0v) is 21.1. The van der Waals surface area contributed by atoms with Gasteiger partial charge in [0, 0.05) is 17.4 Å². The summed E-state index contributed by atoms with van der Waals surface area (Å²) in [6, 6.07) is 26.0. The van der Waals surface area contributed by atoms with Crippen molar-refractivity contribution < 1.29 is 14.3 Å². The fourth-order valence-corrected chi connectivity index (χ4v) is 5.48. The van der Waals surface area contributed by atoms with E-state index in [9.17, 15) is 14.9 Å². The molecule has 1 fully saturated rings. The number of benzene rings is 3. The molecule has 1 aliphatic rings. The van der Waals surface area contributed by atoms with E-state index in [-0.39, 0.29) is 23.7 Å². The fraction of sp³-hybridized carbons (Fsp3) is 0.241. The Hall–Kier alpha value is -3.89. The number of carbonyl (C=O) groups is 2. The van der Waals surface area contributed by atoms with Crippen molar-refractivity contribution in [3.05, 3.63) is 95.6 Å². The molecule has 0 bridgehead atoms. The number of rotatable bonds is 7. The molecular weight excluding hydrogens is 470 g/mol. The van der Waals surface area contributed by atoms with Crippen LogP contribution in [-0.2, 0) is 16.1 Å². The molecule has 7 heteroatoms. The molecule has 1 saturated heterocycles. The molecular formula is C29H27N3O3S. The molecule has 4 rings (SSSR count). The van der Waals surface area contributed by atoms with E-state index in [1.54, 1.807) is 37.3 Å². The third kappa shape index (κ3) is 5.50. The highest BCUT2D eigenvalue weighted by Crippen LogP contribution is 2.36. The summed E-state index contributed by atoms with van der Waals surface area (Å²) in [7, 11) is 0. The van der Waals surface area contributed by atoms with E-state index in [2.05, 4.69) is 11.1 Å². The summed E-state index contributed by atoms with van der Waals surface area (Å²) >= 11 is 1.45. The molecule has 0 N–H and O–H groups in total. The van der Waals surface area contributed by atoms with Gasteiger partial charge in [0.15, 0.2) is 5.17 Å². The van der Waals surface area contributed by atoms with E-state index >= 15 is 0 Å². The largest absolute Gasteiger partial charge is 0.464 e. The Morgan fingerprint density at radius 2 is 1.69 bits per heavy atom. The van der Waals surface area contributed by atoms with Gasteiger partial charge in [0.2, 0.25) is 0 Å². The van der Waals surface area contributed by atoms with Gasteiger partial charge in [-0.05, 0) is 48.2 Å². The molecule has 2 unspecified atom stereocenters. The van der Waals surface area contributed by atoms with Gasteiger partial charge < -0.3 is 9.64 Å². The van der Waals surface area contributed by atoms with Gasteiger partial charge in [0.25, 0.3) is 5.91 Å². The standard InChI is InChI=1S/C29H27N3O3S/c1-3-25-26(28(34)35-4-2)32(29(36-25)31-27(33)22-10-6-5-7-11-22)19-20-14-16-21(17-15-20)24-13-9-8-12-23(24)18-30/h5-17,25-26H,3-4,19H2,1-2H3. The van der Waals surface area contributed by atoms with Gasteiger partial charge >= 0.3 is 5.97 Å². The normalized spacial score (nSPS) is 18.1. The number of hydrogen-bond donors (Lipinski definition) is 0. The number of thioether (sulfide) groups is 1. The second kappa shape index (κ2) is 11.7. The van der Waals surface area contributed by atoms with Crippen molar-refractivity contribution >= 4 is 28.8 Å². The van der Waals surface area contributed by atoms with Crippen molar-refractivity contribution in [2.45, 2.75) is 38.1 Å². The molecule has 0 aliphatic carbocycles. The second-order valence-electron chi connectivity index (χ2n) is 8.31. The highest BCUT2D eigenvalue weighted by molar-refractivity contribution is 8.14. The Morgan fingerprint density at radius 3 is 2.36 bits per heavy atom. The van der Waals surface area contributed by atoms with E-state index in [0.29, 0.717) is 22.8 Å². The number of amides is 1. The molecule has 3 aromatic rings. The first kappa shape index (κ1) is 25.2. The summed E-state index contributed by atoms with van der Waals surface area (Å²) in [5.41, 5.74) is 3.88. The fourth-order valence-electron chi connectivity index (χ4n) is 4.21. The van der Waals surface area contributed by atoms with Crippen molar-refractivity contribution in [2.75, 3.05) is 6.61 Å². The Morgan fingerprint density at radius 1 is 1.00 bits per heavy atom. The van der Waals surface area contributed by atoms with E-state index in [1.165, 1.54) is 11.8 Å². The highest BCUT2D eigenvalue weighted by atomic mass is 32.2. The number of amidine groups is 1. The summed E-state index contributed by atoms with van der Waals surface area (Å²) < 4.78 is 5.40. The maximum Gasteiger partial charge on any atom is 0.330 e. The lowest BCUT2D eigenvalue weighted by Gasteiger charge is -2.26. The molecule has 1 amide bonds. The Labute approximate surface area is 215 Å². The van der Waals surface area contributed by atoms with E-state index in [1.807, 2.05) is 60.4 Å². The van der Waals surface area contributed by atoms with Crippen LogP contribution in [0, 0.1) is 11.3 Å². The number of hydrogen-bond acceptors (Lipinski definition) is 5. The van der Waals surface area contributed by atoms with Gasteiger partial charge in [-0.3, -0.25) is 4.79 Å². The van der Waals surface area contributed by atoms with Crippen LogP contribution in [0.1, 0.15) is 41.8 Å². The Bertz CT molecular complexity index is 1300. The van der Waals surface area contributed by atoms with Crippen LogP contribution in [-0.4, -0.2) is 39.8 Å². The molecule has 0 spiro atoms. The van der Waals surface area contributed by atoms with Crippen LogP contribution in [0.2, 0.25) is 0 Å². The van der Waals surface area contributed by atoms with Gasteiger partial charge in [-0.15, -0.1) is 0 Å². The lowest BCUT2D eigenvalue weighted by atomic mass is 9.99. The van der Waals surface area contributed by atoms with Gasteiger partial charge in [-0.2, -0.15) is 10.3 Å². The summed E-state index contributed by atoms with van der Waals surface area (Å²) in [5.74, 6) is -0.653. The lowest BCUT2D eigenvalue weighted by Crippen LogP contribution is -2.43. The molecule has 36 heavy (non-hydrogen) atoms. The Kier molecular flexibility index (Phi) is 8.19. The minimum absolute atomic E-state index is 0.0758. The minimum Gasteiger partial charge on any atom is -0.464 e. The van der Waals surface area contributed by atoms with Crippen LogP contribution in [0.4, 0.5) is 0 Å². The van der Waals surface area contributed by atoms with Gasteiger partial charge in [-0.1, -0.05) is 79.3 Å². The van der Waals surface area contributed by atoms with Crippen LogP contribution >= 0.6 is 11.8 Å². The number of aliphatic imine (C=N–C) groups is 1. The number of carbonyl (C=O) groups excluding carboxylic acids is 2. The molecule has 6 nitrogen and oxygen atoms in total. The third-order valence-corrected chi connectivity index (χ3v) is 7.43. The number of esters is 1.